The van der Waals surface area contributed by atoms with Gasteiger partial charge in [0.25, 0.3) is 5.56 Å². The average Bonchev–Trinajstić information content (AvgIpc) is 2.63. The van der Waals surface area contributed by atoms with Gasteiger partial charge in [-0.1, -0.05) is 6.07 Å². The average molecular weight is 286 g/mol. The molecule has 0 aliphatic carbocycles. The van der Waals surface area contributed by atoms with Crippen LogP contribution in [0.1, 0.15) is 27.7 Å². The van der Waals surface area contributed by atoms with Crippen molar-refractivity contribution >= 4 is 23.5 Å². The first-order chi connectivity index (χ1) is 9.71. The van der Waals surface area contributed by atoms with Gasteiger partial charge < -0.3 is 13.9 Å². The second-order valence-electron chi connectivity index (χ2n) is 6.53. The second-order valence-corrected chi connectivity index (χ2v) is 6.53. The minimum Gasteiger partial charge on any atom is -0.399 e. The maximum Gasteiger partial charge on any atom is 0.494 e. The highest BCUT2D eigenvalue weighted by Gasteiger charge is 2.51. The van der Waals surface area contributed by atoms with Gasteiger partial charge in [0, 0.05) is 7.05 Å². The van der Waals surface area contributed by atoms with E-state index in [-0.39, 0.29) is 16.8 Å². The van der Waals surface area contributed by atoms with Gasteiger partial charge in [0.15, 0.2) is 0 Å². The highest BCUT2D eigenvalue weighted by Crippen LogP contribution is 2.36. The highest BCUT2D eigenvalue weighted by atomic mass is 16.7. The van der Waals surface area contributed by atoms with E-state index in [1.54, 1.807) is 13.1 Å². The highest BCUT2D eigenvalue weighted by molar-refractivity contribution is 6.62. The van der Waals surface area contributed by atoms with Crippen LogP contribution in [0.4, 0.5) is 0 Å². The number of hydrogen-bond acceptors (Lipinski definition) is 4. The second kappa shape index (κ2) is 4.42. The van der Waals surface area contributed by atoms with E-state index in [0.29, 0.717) is 10.9 Å². The quantitative estimate of drug-likeness (QED) is 0.740. The number of benzene rings is 1. The summed E-state index contributed by atoms with van der Waals surface area (Å²) < 4.78 is 13.5. The van der Waals surface area contributed by atoms with Crippen molar-refractivity contribution in [2.45, 2.75) is 38.9 Å². The van der Waals surface area contributed by atoms with E-state index in [2.05, 4.69) is 4.98 Å². The van der Waals surface area contributed by atoms with Gasteiger partial charge in [-0.15, -0.1) is 0 Å². The van der Waals surface area contributed by atoms with Gasteiger partial charge in [-0.25, -0.2) is 4.98 Å². The predicted molar refractivity (Wildman–Crippen MR) is 82.7 cm³/mol. The minimum atomic E-state index is -0.440. The Bertz CT molecular complexity index is 751. The molecule has 1 fully saturated rings. The monoisotopic (exact) mass is 286 g/mol. The van der Waals surface area contributed by atoms with E-state index in [1.165, 1.54) is 10.9 Å². The van der Waals surface area contributed by atoms with Gasteiger partial charge in [-0.05, 0) is 45.3 Å². The van der Waals surface area contributed by atoms with Crippen LogP contribution >= 0.6 is 0 Å². The Balaban J connectivity index is 2.04. The van der Waals surface area contributed by atoms with Crippen LogP contribution in [0.5, 0.6) is 0 Å². The van der Waals surface area contributed by atoms with Gasteiger partial charge >= 0.3 is 7.12 Å². The molecule has 6 heteroatoms. The number of nitrogens with zero attached hydrogens (tertiary/aromatic N) is 2. The molecule has 0 unspecified atom stereocenters. The summed E-state index contributed by atoms with van der Waals surface area (Å²) in [6.45, 7) is 8.06. The molecule has 0 saturated carbocycles. The Hall–Kier alpha value is -1.66. The molecule has 0 amide bonds. The molecule has 0 atom stereocenters. The van der Waals surface area contributed by atoms with Crippen molar-refractivity contribution in [2.75, 3.05) is 0 Å². The first-order valence-corrected chi connectivity index (χ1v) is 7.02. The van der Waals surface area contributed by atoms with Crippen molar-refractivity contribution < 1.29 is 9.31 Å². The van der Waals surface area contributed by atoms with Crippen molar-refractivity contribution in [3.8, 4) is 0 Å². The zero-order chi connectivity index (χ0) is 15.4. The van der Waals surface area contributed by atoms with Crippen LogP contribution in [0.2, 0.25) is 0 Å². The molecule has 1 aliphatic rings. The van der Waals surface area contributed by atoms with Crippen LogP contribution in [0.15, 0.2) is 29.3 Å². The van der Waals surface area contributed by atoms with Gasteiger partial charge in [-0.3, -0.25) is 4.79 Å². The third-order valence-electron chi connectivity index (χ3n) is 4.47. The molecule has 1 saturated heterocycles. The zero-order valence-corrected chi connectivity index (χ0v) is 13.0. The Morgan fingerprint density at radius 1 is 1.14 bits per heavy atom. The summed E-state index contributed by atoms with van der Waals surface area (Å²) in [4.78, 5) is 16.3. The van der Waals surface area contributed by atoms with E-state index in [1.807, 2.05) is 39.8 Å². The summed E-state index contributed by atoms with van der Waals surface area (Å²) in [6, 6.07) is 5.51. The Morgan fingerprint density at radius 2 is 1.76 bits per heavy atom. The third-order valence-corrected chi connectivity index (χ3v) is 4.47. The van der Waals surface area contributed by atoms with Crippen LogP contribution in [-0.2, 0) is 16.4 Å². The van der Waals surface area contributed by atoms with Crippen molar-refractivity contribution in [1.29, 1.82) is 0 Å². The molecule has 0 bridgehead atoms. The van der Waals surface area contributed by atoms with E-state index >= 15 is 0 Å². The van der Waals surface area contributed by atoms with Crippen LogP contribution in [0.25, 0.3) is 10.9 Å². The summed E-state index contributed by atoms with van der Waals surface area (Å²) >= 11 is 0. The third kappa shape index (κ3) is 2.19. The SMILES string of the molecule is Cn1cnc2cc(B3OC(C)(C)C(C)(C)O3)ccc2c1=O. The van der Waals surface area contributed by atoms with Crippen LogP contribution in [0.3, 0.4) is 0 Å². The molecule has 0 spiro atoms. The molecule has 0 N–H and O–H groups in total. The molecule has 1 aromatic heterocycles. The number of rotatable bonds is 1. The summed E-state index contributed by atoms with van der Waals surface area (Å²) in [5, 5.41) is 0.597. The maximum absolute atomic E-state index is 12.0. The fraction of sp³-hybridized carbons (Fsp3) is 0.467. The fourth-order valence-electron chi connectivity index (χ4n) is 2.35. The van der Waals surface area contributed by atoms with Crippen molar-refractivity contribution in [3.63, 3.8) is 0 Å². The van der Waals surface area contributed by atoms with E-state index in [0.717, 1.165) is 5.46 Å². The number of aromatic nitrogens is 2. The lowest BCUT2D eigenvalue weighted by Crippen LogP contribution is -2.41. The minimum absolute atomic E-state index is 0.0551. The lowest BCUT2D eigenvalue weighted by atomic mass is 9.79. The fourth-order valence-corrected chi connectivity index (χ4v) is 2.35. The molecule has 2 heterocycles. The van der Waals surface area contributed by atoms with Gasteiger partial charge in [0.1, 0.15) is 0 Å². The maximum atomic E-state index is 12.0. The van der Waals surface area contributed by atoms with Crippen molar-refractivity contribution in [1.82, 2.24) is 9.55 Å². The number of fused-ring (bicyclic) bond motifs is 1. The largest absolute Gasteiger partial charge is 0.494 e. The van der Waals surface area contributed by atoms with Crippen molar-refractivity contribution in [2.24, 2.45) is 7.05 Å². The molecule has 3 rings (SSSR count). The Kier molecular flexibility index (Phi) is 3.01. The van der Waals surface area contributed by atoms with E-state index in [4.69, 9.17) is 9.31 Å². The summed E-state index contributed by atoms with van der Waals surface area (Å²) in [6.07, 6.45) is 1.53. The molecule has 110 valence electrons. The summed E-state index contributed by atoms with van der Waals surface area (Å²) in [7, 11) is 1.25. The standard InChI is InChI=1S/C15H19BN2O3/c1-14(2)15(3,4)21-16(20-14)10-6-7-11-12(8-10)17-9-18(5)13(11)19/h6-9H,1-5H3. The number of hydrogen-bond donors (Lipinski definition) is 0. The predicted octanol–water partition coefficient (Wildman–Crippen LogP) is 1.23. The van der Waals surface area contributed by atoms with Gasteiger partial charge in [0.05, 0.1) is 28.4 Å². The van der Waals surface area contributed by atoms with Crippen LogP contribution in [-0.4, -0.2) is 27.9 Å². The molecule has 1 aromatic carbocycles. The first-order valence-electron chi connectivity index (χ1n) is 7.02. The van der Waals surface area contributed by atoms with Gasteiger partial charge in [-0.2, -0.15) is 0 Å². The Labute approximate surface area is 124 Å². The lowest BCUT2D eigenvalue weighted by Gasteiger charge is -2.32. The molecular weight excluding hydrogens is 267 g/mol. The van der Waals surface area contributed by atoms with E-state index < -0.39 is 7.12 Å². The molecule has 5 nitrogen and oxygen atoms in total. The smallest absolute Gasteiger partial charge is 0.399 e. The van der Waals surface area contributed by atoms with Gasteiger partial charge in [0.2, 0.25) is 0 Å². The molecule has 2 aromatic rings. The number of aryl methyl sites for hydroxylation is 1. The topological polar surface area (TPSA) is 53.4 Å². The summed E-state index contributed by atoms with van der Waals surface area (Å²) in [5.74, 6) is 0. The summed E-state index contributed by atoms with van der Waals surface area (Å²) in [5.41, 5.74) is 0.715. The lowest BCUT2D eigenvalue weighted by molar-refractivity contribution is 0.00578. The molecule has 0 radical (unpaired) electrons. The van der Waals surface area contributed by atoms with E-state index in [9.17, 15) is 4.79 Å². The molecule has 1 aliphatic heterocycles. The molecule has 21 heavy (non-hydrogen) atoms. The Morgan fingerprint density at radius 3 is 2.38 bits per heavy atom. The first kappa shape index (κ1) is 14.3. The van der Waals surface area contributed by atoms with Crippen LogP contribution in [0, 0.1) is 0 Å². The molecular formula is C15H19BN2O3. The normalized spacial score (nSPS) is 20.1. The van der Waals surface area contributed by atoms with Crippen molar-refractivity contribution in [3.05, 3.63) is 34.9 Å². The zero-order valence-electron chi connectivity index (χ0n) is 13.0. The van der Waals surface area contributed by atoms with Crippen LogP contribution < -0.4 is 11.0 Å².